The van der Waals surface area contributed by atoms with Crippen molar-refractivity contribution >= 4 is 11.7 Å². The summed E-state index contributed by atoms with van der Waals surface area (Å²) in [5, 5.41) is 6.41. The van der Waals surface area contributed by atoms with Gasteiger partial charge in [0, 0.05) is 31.7 Å². The quantitative estimate of drug-likeness (QED) is 0.655. The monoisotopic (exact) mass is 464 g/mol. The van der Waals surface area contributed by atoms with Gasteiger partial charge in [-0.25, -0.2) is 14.2 Å². The minimum absolute atomic E-state index is 0.129. The molecule has 0 saturated carbocycles. The van der Waals surface area contributed by atoms with Crippen LogP contribution in [0.5, 0.6) is 5.75 Å². The molecule has 0 radical (unpaired) electrons. The van der Waals surface area contributed by atoms with E-state index in [1.54, 1.807) is 16.0 Å². The largest absolute Gasteiger partial charge is 0.492 e. The molecule has 3 aliphatic rings. The van der Waals surface area contributed by atoms with Crippen molar-refractivity contribution < 1.29 is 13.9 Å². The smallest absolute Gasteiger partial charge is 0.340 e. The predicted molar refractivity (Wildman–Crippen MR) is 130 cm³/mol. The van der Waals surface area contributed by atoms with E-state index in [1.807, 2.05) is 37.4 Å². The van der Waals surface area contributed by atoms with Crippen LogP contribution in [0.4, 0.5) is 9.18 Å². The second-order valence-corrected chi connectivity index (χ2v) is 10.0. The lowest BCUT2D eigenvalue weighted by Gasteiger charge is -2.38. The molecule has 3 aliphatic heterocycles. The maximum absolute atomic E-state index is 14.1. The van der Waals surface area contributed by atoms with Gasteiger partial charge in [0.05, 0.1) is 24.3 Å². The second-order valence-electron chi connectivity index (χ2n) is 10.0. The van der Waals surface area contributed by atoms with Crippen LogP contribution >= 0.6 is 0 Å². The molecule has 1 fully saturated rings. The number of urea groups is 1. The van der Waals surface area contributed by atoms with Crippen molar-refractivity contribution in [2.45, 2.75) is 38.8 Å². The van der Waals surface area contributed by atoms with Gasteiger partial charge in [0.15, 0.2) is 0 Å². The predicted octanol–water partition coefficient (Wildman–Crippen LogP) is 4.77. The van der Waals surface area contributed by atoms with Gasteiger partial charge in [0.2, 0.25) is 0 Å². The second kappa shape index (κ2) is 9.37. The van der Waals surface area contributed by atoms with Crippen LogP contribution in [-0.2, 0) is 0 Å². The van der Waals surface area contributed by atoms with Crippen molar-refractivity contribution in [3.8, 4) is 5.75 Å². The van der Waals surface area contributed by atoms with Gasteiger partial charge in [-0.1, -0.05) is 30.3 Å². The molecule has 5 rings (SSSR count). The van der Waals surface area contributed by atoms with Crippen LogP contribution < -0.4 is 4.74 Å². The Morgan fingerprint density at radius 3 is 2.79 bits per heavy atom. The fourth-order valence-electron chi connectivity index (χ4n) is 5.54. The third kappa shape index (κ3) is 4.29. The lowest BCUT2D eigenvalue weighted by Crippen LogP contribution is -2.47. The number of fused-ring (bicyclic) bond motifs is 3. The van der Waals surface area contributed by atoms with Crippen LogP contribution in [0.3, 0.4) is 0 Å². The molecule has 0 aromatic heterocycles. The van der Waals surface area contributed by atoms with Crippen LogP contribution in [0.25, 0.3) is 0 Å². The first-order chi connectivity index (χ1) is 16.4. The first-order valence-electron chi connectivity index (χ1n) is 12.3. The van der Waals surface area contributed by atoms with Gasteiger partial charge in [-0.2, -0.15) is 5.10 Å². The van der Waals surface area contributed by atoms with Crippen molar-refractivity contribution in [2.24, 2.45) is 16.9 Å². The number of nitrogens with zero attached hydrogens (tertiary/aromatic N) is 4. The highest BCUT2D eigenvalue weighted by molar-refractivity contribution is 6.07. The molecular formula is C27H33FN4O2. The van der Waals surface area contributed by atoms with Gasteiger partial charge in [-0.3, -0.25) is 0 Å². The molecule has 7 heteroatoms. The van der Waals surface area contributed by atoms with Crippen molar-refractivity contribution in [2.75, 3.05) is 33.3 Å². The number of carbonyl (C=O) groups is 1. The summed E-state index contributed by atoms with van der Waals surface area (Å²) in [5.41, 5.74) is 2.36. The van der Waals surface area contributed by atoms with Crippen molar-refractivity contribution in [3.05, 3.63) is 65.5 Å². The molecular weight excluding hydrogens is 431 g/mol. The van der Waals surface area contributed by atoms with E-state index < -0.39 is 0 Å². The summed E-state index contributed by atoms with van der Waals surface area (Å²) in [6.07, 6.45) is 2.28. The normalized spacial score (nSPS) is 24.3. The zero-order valence-corrected chi connectivity index (χ0v) is 20.2. The zero-order valence-electron chi connectivity index (χ0n) is 20.2. The first kappa shape index (κ1) is 22.8. The van der Waals surface area contributed by atoms with E-state index in [0.717, 1.165) is 37.2 Å². The first-order valence-corrected chi connectivity index (χ1v) is 12.3. The Hall–Kier alpha value is -2.93. The maximum atomic E-state index is 14.1. The summed E-state index contributed by atoms with van der Waals surface area (Å²) >= 11 is 0. The average molecular weight is 465 g/mol. The Morgan fingerprint density at radius 2 is 2.03 bits per heavy atom. The molecule has 3 atom stereocenters. The molecule has 2 amide bonds. The molecule has 2 aromatic carbocycles. The molecule has 6 nitrogen and oxygen atoms in total. The molecule has 1 saturated heterocycles. The van der Waals surface area contributed by atoms with E-state index in [4.69, 9.17) is 9.84 Å². The van der Waals surface area contributed by atoms with E-state index >= 15 is 0 Å². The number of piperidine rings is 1. The Labute approximate surface area is 201 Å². The highest BCUT2D eigenvalue weighted by atomic mass is 19.1. The van der Waals surface area contributed by atoms with E-state index in [9.17, 15) is 9.18 Å². The number of benzene rings is 2. The number of likely N-dealkylation sites (tertiary alicyclic amines) is 1. The van der Waals surface area contributed by atoms with Gasteiger partial charge >= 0.3 is 6.03 Å². The van der Waals surface area contributed by atoms with Crippen LogP contribution in [0.15, 0.2) is 53.6 Å². The standard InChI is InChI=1S/C27H33FN4O2/c1-18(2)31-13-7-8-19(16-31)15-30(3)27(33)32-26(20-9-5-4-6-10-20)23-17-34-24-12-11-21(28)14-22(24)25(23)29-32/h4-6,9-12,14,18-19,23,26H,7-8,13,15-17H2,1-3H3/t19?,23-,26+/m0/s1. The van der Waals surface area contributed by atoms with Crippen molar-refractivity contribution in [3.63, 3.8) is 0 Å². The number of hydrazone groups is 1. The zero-order chi connectivity index (χ0) is 23.8. The van der Waals surface area contributed by atoms with Crippen LogP contribution in [0, 0.1) is 17.7 Å². The number of hydrogen-bond acceptors (Lipinski definition) is 4. The molecule has 0 N–H and O–H groups in total. The Morgan fingerprint density at radius 1 is 1.24 bits per heavy atom. The van der Waals surface area contributed by atoms with Crippen LogP contribution in [0.2, 0.25) is 0 Å². The van der Waals surface area contributed by atoms with E-state index in [-0.39, 0.29) is 23.8 Å². The topological polar surface area (TPSA) is 48.4 Å². The molecule has 1 unspecified atom stereocenters. The van der Waals surface area contributed by atoms with Gasteiger partial charge in [-0.15, -0.1) is 0 Å². The summed E-state index contributed by atoms with van der Waals surface area (Å²) < 4.78 is 20.1. The molecule has 2 aromatic rings. The summed E-state index contributed by atoms with van der Waals surface area (Å²) in [5.74, 6) is 0.564. The maximum Gasteiger partial charge on any atom is 0.340 e. The molecule has 0 bridgehead atoms. The number of hydrogen-bond donors (Lipinski definition) is 0. The summed E-state index contributed by atoms with van der Waals surface area (Å²) in [7, 11) is 1.87. The highest BCUT2D eigenvalue weighted by Crippen LogP contribution is 2.43. The Kier molecular flexibility index (Phi) is 6.30. The summed E-state index contributed by atoms with van der Waals surface area (Å²) in [4.78, 5) is 18.1. The Bertz CT molecular complexity index is 1070. The highest BCUT2D eigenvalue weighted by Gasteiger charge is 2.46. The van der Waals surface area contributed by atoms with E-state index in [1.165, 1.54) is 12.1 Å². The van der Waals surface area contributed by atoms with Gasteiger partial charge in [0.25, 0.3) is 0 Å². The Balaban J connectivity index is 1.42. The SMILES string of the molecule is CC(C)N1CCCC(CN(C)C(=O)N2N=C3c4cc(F)ccc4OC[C@@H]3[C@H]2c2ccccc2)C1. The molecule has 3 heterocycles. The molecule has 0 spiro atoms. The molecule has 0 aliphatic carbocycles. The molecule has 34 heavy (non-hydrogen) atoms. The number of rotatable bonds is 4. The summed E-state index contributed by atoms with van der Waals surface area (Å²) in [6, 6.07) is 14.5. The van der Waals surface area contributed by atoms with Crippen LogP contribution in [0.1, 0.15) is 43.9 Å². The number of amides is 2. The third-order valence-corrected chi connectivity index (χ3v) is 7.32. The van der Waals surface area contributed by atoms with Crippen molar-refractivity contribution in [1.29, 1.82) is 0 Å². The third-order valence-electron chi connectivity index (χ3n) is 7.32. The van der Waals surface area contributed by atoms with E-state index in [0.29, 0.717) is 36.4 Å². The summed E-state index contributed by atoms with van der Waals surface area (Å²) in [6.45, 7) is 7.68. The van der Waals surface area contributed by atoms with Crippen molar-refractivity contribution in [1.82, 2.24) is 14.8 Å². The lowest BCUT2D eigenvalue weighted by molar-refractivity contribution is 0.102. The number of ether oxygens (including phenoxy) is 1. The fourth-order valence-corrected chi connectivity index (χ4v) is 5.54. The average Bonchev–Trinajstić information content (AvgIpc) is 3.24. The minimum Gasteiger partial charge on any atom is -0.492 e. The van der Waals surface area contributed by atoms with Crippen LogP contribution in [-0.4, -0.2) is 65.9 Å². The lowest BCUT2D eigenvalue weighted by atomic mass is 9.86. The number of carbonyl (C=O) groups excluding carboxylic acids is 1. The number of halogens is 1. The van der Waals surface area contributed by atoms with Gasteiger partial charge < -0.3 is 14.5 Å². The fraction of sp³-hybridized carbons (Fsp3) is 0.481. The van der Waals surface area contributed by atoms with Gasteiger partial charge in [-0.05, 0) is 62.9 Å². The van der Waals surface area contributed by atoms with E-state index in [2.05, 4.69) is 18.7 Å². The minimum atomic E-state index is -0.337. The molecule has 180 valence electrons. The van der Waals surface area contributed by atoms with Gasteiger partial charge in [0.1, 0.15) is 11.6 Å².